The third kappa shape index (κ3) is 4.62. The molecule has 0 aliphatic carbocycles. The summed E-state index contributed by atoms with van der Waals surface area (Å²) in [6.45, 7) is 0.400. The van der Waals surface area contributed by atoms with Gasteiger partial charge in [0, 0.05) is 20.2 Å². The molecular weight excluding hydrogens is 305 g/mol. The van der Waals surface area contributed by atoms with E-state index in [2.05, 4.69) is 15.9 Å². The molecule has 0 bridgehead atoms. The summed E-state index contributed by atoms with van der Waals surface area (Å²) < 4.78 is 18.6. The first-order valence-electron chi connectivity index (χ1n) is 5.47. The maximum Gasteiger partial charge on any atom is 0.260 e. The quantitative estimate of drug-likeness (QED) is 0.870. The molecule has 0 saturated carbocycles. The number of carbonyl (C=O) groups excluding carboxylic acids is 1. The molecule has 6 heteroatoms. The van der Waals surface area contributed by atoms with Gasteiger partial charge < -0.3 is 14.7 Å². The van der Waals surface area contributed by atoms with E-state index < -0.39 is 0 Å². The van der Waals surface area contributed by atoms with Gasteiger partial charge in [-0.25, -0.2) is 4.39 Å². The van der Waals surface area contributed by atoms with E-state index in [0.29, 0.717) is 23.2 Å². The van der Waals surface area contributed by atoms with Crippen molar-refractivity contribution in [1.29, 1.82) is 0 Å². The molecule has 18 heavy (non-hydrogen) atoms. The van der Waals surface area contributed by atoms with E-state index in [1.54, 1.807) is 7.05 Å². The highest BCUT2D eigenvalue weighted by Gasteiger charge is 2.10. The molecule has 0 aliphatic heterocycles. The van der Waals surface area contributed by atoms with Crippen LogP contribution in [0, 0.1) is 5.82 Å². The summed E-state index contributed by atoms with van der Waals surface area (Å²) in [6, 6.07) is 4.00. The summed E-state index contributed by atoms with van der Waals surface area (Å²) in [5.74, 6) is -0.152. The van der Waals surface area contributed by atoms with Crippen molar-refractivity contribution in [3.05, 3.63) is 28.5 Å². The molecule has 0 saturated heterocycles. The van der Waals surface area contributed by atoms with Gasteiger partial charge >= 0.3 is 0 Å². The minimum Gasteiger partial charge on any atom is -0.483 e. The molecule has 0 heterocycles. The van der Waals surface area contributed by atoms with Gasteiger partial charge in [-0.05, 0) is 40.5 Å². The lowest BCUT2D eigenvalue weighted by Crippen LogP contribution is -2.32. The number of benzene rings is 1. The van der Waals surface area contributed by atoms with E-state index >= 15 is 0 Å². The zero-order valence-electron chi connectivity index (χ0n) is 10.0. The number of hydrogen-bond acceptors (Lipinski definition) is 3. The summed E-state index contributed by atoms with van der Waals surface area (Å²) in [4.78, 5) is 13.1. The van der Waals surface area contributed by atoms with E-state index in [1.807, 2.05) is 0 Å². The first-order chi connectivity index (χ1) is 8.54. The third-order valence-corrected chi connectivity index (χ3v) is 2.94. The fourth-order valence-electron chi connectivity index (χ4n) is 1.27. The third-order valence-electron chi connectivity index (χ3n) is 2.32. The molecule has 0 aliphatic rings. The molecule has 0 spiro atoms. The molecule has 0 atom stereocenters. The van der Waals surface area contributed by atoms with Crippen molar-refractivity contribution in [3.63, 3.8) is 0 Å². The van der Waals surface area contributed by atoms with Crippen LogP contribution in [-0.4, -0.2) is 42.7 Å². The van der Waals surface area contributed by atoms with Gasteiger partial charge in [0.1, 0.15) is 11.6 Å². The van der Waals surface area contributed by atoms with Gasteiger partial charge in [-0.15, -0.1) is 0 Å². The second kappa shape index (κ2) is 7.33. The Bertz CT molecular complexity index is 414. The van der Waals surface area contributed by atoms with Gasteiger partial charge in [0.2, 0.25) is 0 Å². The molecule has 1 aromatic rings. The van der Waals surface area contributed by atoms with E-state index in [4.69, 9.17) is 9.84 Å². The van der Waals surface area contributed by atoms with Crippen LogP contribution < -0.4 is 4.74 Å². The molecule has 0 fully saturated rings. The maximum atomic E-state index is 12.8. The van der Waals surface area contributed by atoms with Crippen LogP contribution in [0.5, 0.6) is 5.75 Å². The van der Waals surface area contributed by atoms with Crippen molar-refractivity contribution in [2.75, 3.05) is 26.8 Å². The average molecular weight is 320 g/mol. The predicted molar refractivity (Wildman–Crippen MR) is 68.9 cm³/mol. The van der Waals surface area contributed by atoms with Crippen LogP contribution in [0.15, 0.2) is 22.7 Å². The fraction of sp³-hybridized carbons (Fsp3) is 0.417. The van der Waals surface area contributed by atoms with Crippen LogP contribution in [0.4, 0.5) is 4.39 Å². The molecular formula is C12H15BrFNO3. The summed E-state index contributed by atoms with van der Waals surface area (Å²) in [6.07, 6.45) is 0.530. The Morgan fingerprint density at radius 3 is 2.89 bits per heavy atom. The van der Waals surface area contributed by atoms with Gasteiger partial charge in [-0.3, -0.25) is 4.79 Å². The number of rotatable bonds is 6. The van der Waals surface area contributed by atoms with Gasteiger partial charge in [0.25, 0.3) is 5.91 Å². The fourth-order valence-corrected chi connectivity index (χ4v) is 1.74. The Kier molecular flexibility index (Phi) is 6.07. The molecule has 1 aromatic carbocycles. The Balaban J connectivity index is 2.47. The minimum atomic E-state index is -0.374. The SMILES string of the molecule is CN(CCCO)C(=O)COc1ccc(F)cc1Br. The molecule has 4 nitrogen and oxygen atoms in total. The Hall–Kier alpha value is -1.14. The Labute approximate surface area is 113 Å². The highest BCUT2D eigenvalue weighted by atomic mass is 79.9. The van der Waals surface area contributed by atoms with Crippen molar-refractivity contribution in [2.24, 2.45) is 0 Å². The standard InChI is InChI=1S/C12H15BrFNO3/c1-15(5-2-6-16)12(17)8-18-11-4-3-9(14)7-10(11)13/h3-4,7,16H,2,5-6,8H2,1H3. The minimum absolute atomic E-state index is 0.0436. The highest BCUT2D eigenvalue weighted by molar-refractivity contribution is 9.10. The lowest BCUT2D eigenvalue weighted by molar-refractivity contribution is -0.132. The van der Waals surface area contributed by atoms with Crippen molar-refractivity contribution in [2.45, 2.75) is 6.42 Å². The monoisotopic (exact) mass is 319 g/mol. The number of halogens is 2. The van der Waals surface area contributed by atoms with Gasteiger partial charge in [-0.2, -0.15) is 0 Å². The Morgan fingerprint density at radius 1 is 1.56 bits per heavy atom. The van der Waals surface area contributed by atoms with Crippen molar-refractivity contribution >= 4 is 21.8 Å². The van der Waals surface area contributed by atoms with Crippen molar-refractivity contribution < 1.29 is 19.0 Å². The van der Waals surface area contributed by atoms with Gasteiger partial charge in [-0.1, -0.05) is 0 Å². The first-order valence-corrected chi connectivity index (χ1v) is 6.26. The van der Waals surface area contributed by atoms with Crippen LogP contribution in [-0.2, 0) is 4.79 Å². The summed E-state index contributed by atoms with van der Waals surface area (Å²) in [5.41, 5.74) is 0. The summed E-state index contributed by atoms with van der Waals surface area (Å²) in [5, 5.41) is 8.66. The summed E-state index contributed by atoms with van der Waals surface area (Å²) in [7, 11) is 1.64. The lowest BCUT2D eigenvalue weighted by atomic mass is 10.3. The van der Waals surface area contributed by atoms with Crippen molar-refractivity contribution in [3.8, 4) is 5.75 Å². The number of likely N-dealkylation sites (N-methyl/N-ethyl adjacent to an activating group) is 1. The van der Waals surface area contributed by atoms with Crippen LogP contribution in [0.1, 0.15) is 6.42 Å². The van der Waals surface area contributed by atoms with Crippen LogP contribution >= 0.6 is 15.9 Å². The smallest absolute Gasteiger partial charge is 0.260 e. The molecule has 1 rings (SSSR count). The van der Waals surface area contributed by atoms with Crippen LogP contribution in [0.2, 0.25) is 0 Å². The van der Waals surface area contributed by atoms with Crippen LogP contribution in [0.3, 0.4) is 0 Å². The van der Waals surface area contributed by atoms with Gasteiger partial charge in [0.15, 0.2) is 6.61 Å². The van der Waals surface area contributed by atoms with E-state index in [1.165, 1.54) is 23.1 Å². The lowest BCUT2D eigenvalue weighted by Gasteiger charge is -2.17. The van der Waals surface area contributed by atoms with E-state index in [0.717, 1.165) is 0 Å². The summed E-state index contributed by atoms with van der Waals surface area (Å²) >= 11 is 3.15. The number of ether oxygens (including phenoxy) is 1. The normalized spacial score (nSPS) is 10.2. The molecule has 0 aromatic heterocycles. The van der Waals surface area contributed by atoms with E-state index in [-0.39, 0.29) is 24.9 Å². The number of nitrogens with zero attached hydrogens (tertiary/aromatic N) is 1. The predicted octanol–water partition coefficient (Wildman–Crippen LogP) is 1.81. The van der Waals surface area contributed by atoms with Gasteiger partial charge in [0.05, 0.1) is 4.47 Å². The van der Waals surface area contributed by atoms with Crippen LogP contribution in [0.25, 0.3) is 0 Å². The Morgan fingerprint density at radius 2 is 2.28 bits per heavy atom. The number of amides is 1. The topological polar surface area (TPSA) is 49.8 Å². The zero-order valence-corrected chi connectivity index (χ0v) is 11.6. The number of aliphatic hydroxyl groups is 1. The molecule has 100 valence electrons. The molecule has 1 amide bonds. The zero-order chi connectivity index (χ0) is 13.5. The first kappa shape index (κ1) is 14.9. The molecule has 0 unspecified atom stereocenters. The maximum absolute atomic E-state index is 12.8. The highest BCUT2D eigenvalue weighted by Crippen LogP contribution is 2.25. The molecule has 0 radical (unpaired) electrons. The molecule has 1 N–H and O–H groups in total. The average Bonchev–Trinajstić information content (AvgIpc) is 2.34. The number of hydrogen-bond donors (Lipinski definition) is 1. The van der Waals surface area contributed by atoms with Crippen molar-refractivity contribution in [1.82, 2.24) is 4.90 Å². The second-order valence-corrected chi connectivity index (χ2v) is 4.61. The number of aliphatic hydroxyl groups excluding tert-OH is 1. The van der Waals surface area contributed by atoms with E-state index in [9.17, 15) is 9.18 Å². The largest absolute Gasteiger partial charge is 0.483 e. The second-order valence-electron chi connectivity index (χ2n) is 3.76. The number of carbonyl (C=O) groups is 1.